The van der Waals surface area contributed by atoms with Crippen molar-refractivity contribution >= 4 is 27.3 Å². The number of sulfonamides is 1. The summed E-state index contributed by atoms with van der Waals surface area (Å²) in [7, 11) is -2.60. The minimum Gasteiger partial charge on any atom is -0.382 e. The van der Waals surface area contributed by atoms with E-state index >= 15 is 0 Å². The molecular weight excluding hydrogens is 488 g/mol. The molecule has 8 nitrogen and oxygen atoms in total. The number of nitrogens with one attached hydrogen (secondary N) is 1. The van der Waals surface area contributed by atoms with Crippen LogP contribution < -0.4 is 4.72 Å². The van der Waals surface area contributed by atoms with Crippen LogP contribution in [-0.2, 0) is 20.2 Å². The van der Waals surface area contributed by atoms with Gasteiger partial charge in [-0.05, 0) is 35.2 Å². The molecule has 2 unspecified atom stereocenters. The first-order chi connectivity index (χ1) is 16.5. The van der Waals surface area contributed by atoms with E-state index in [0.29, 0.717) is 11.1 Å². The Kier molecular flexibility index (Phi) is 6.99. The Balaban J connectivity index is 1.68. The summed E-state index contributed by atoms with van der Waals surface area (Å²) in [5.74, 6) is 0. The van der Waals surface area contributed by atoms with E-state index < -0.39 is 22.4 Å². The number of aliphatic hydroxyl groups is 1. The van der Waals surface area contributed by atoms with Gasteiger partial charge in [0.2, 0.25) is 10.0 Å². The van der Waals surface area contributed by atoms with Gasteiger partial charge in [0.25, 0.3) is 0 Å². The molecule has 2 N–H and O–H groups in total. The molecule has 0 aliphatic carbocycles. The molecule has 3 aromatic heterocycles. The number of fused-ring (bicyclic) bond motifs is 1. The Morgan fingerprint density at radius 3 is 2.49 bits per heavy atom. The molecule has 184 valence electrons. The predicted molar refractivity (Wildman–Crippen MR) is 134 cm³/mol. The van der Waals surface area contributed by atoms with Crippen molar-refractivity contribution < 1.29 is 18.3 Å². The summed E-state index contributed by atoms with van der Waals surface area (Å²) in [6.45, 7) is 6.16. The summed E-state index contributed by atoms with van der Waals surface area (Å²) in [4.78, 5) is 8.61. The predicted octanol–water partition coefficient (Wildman–Crippen LogP) is 4.39. The molecule has 0 radical (unpaired) electrons. The molecule has 0 saturated carbocycles. The molecule has 3 heterocycles. The summed E-state index contributed by atoms with van der Waals surface area (Å²) in [5.41, 5.74) is 2.69. The number of nitrogens with zero attached hydrogens (tertiary/aromatic N) is 3. The summed E-state index contributed by atoms with van der Waals surface area (Å²) in [5, 5.41) is 11.4. The number of pyridine rings is 2. The summed E-state index contributed by atoms with van der Waals surface area (Å²) in [6.07, 6.45) is 4.24. The minimum atomic E-state index is -3.96. The van der Waals surface area contributed by atoms with E-state index in [-0.39, 0.29) is 21.0 Å². The summed E-state index contributed by atoms with van der Waals surface area (Å²) >= 11 is 6.19. The van der Waals surface area contributed by atoms with Gasteiger partial charge in [-0.1, -0.05) is 50.6 Å². The number of rotatable bonds is 7. The van der Waals surface area contributed by atoms with E-state index in [9.17, 15) is 13.5 Å². The molecule has 4 rings (SSSR count). The van der Waals surface area contributed by atoms with Gasteiger partial charge < -0.3 is 14.2 Å². The van der Waals surface area contributed by atoms with Crippen LogP contribution in [0, 0.1) is 0 Å². The lowest BCUT2D eigenvalue weighted by Gasteiger charge is -2.23. The van der Waals surface area contributed by atoms with Gasteiger partial charge >= 0.3 is 0 Å². The summed E-state index contributed by atoms with van der Waals surface area (Å²) in [6, 6.07) is 11.7. The minimum absolute atomic E-state index is 0.0928. The van der Waals surface area contributed by atoms with Crippen LogP contribution in [0.5, 0.6) is 0 Å². The van der Waals surface area contributed by atoms with E-state index in [1.807, 2.05) is 0 Å². The molecule has 0 amide bonds. The Labute approximate surface area is 209 Å². The Morgan fingerprint density at radius 2 is 1.83 bits per heavy atom. The molecule has 0 saturated heterocycles. The van der Waals surface area contributed by atoms with Gasteiger partial charge in [-0.15, -0.1) is 0 Å². The first kappa shape index (κ1) is 25.3. The molecule has 4 aromatic rings. The fraction of sp³-hybridized carbons (Fsp3) is 0.280. The second-order valence-corrected chi connectivity index (χ2v) is 11.3. The lowest BCUT2D eigenvalue weighted by Crippen LogP contribution is -2.31. The van der Waals surface area contributed by atoms with Crippen LogP contribution in [-0.4, -0.2) is 35.0 Å². The maximum atomic E-state index is 13.2. The quantitative estimate of drug-likeness (QED) is 0.354. The van der Waals surface area contributed by atoms with Crippen LogP contribution in [0.25, 0.3) is 5.65 Å². The van der Waals surface area contributed by atoms with Gasteiger partial charge in [-0.3, -0.25) is 4.98 Å². The molecule has 0 fully saturated rings. The first-order valence-corrected chi connectivity index (χ1v) is 12.8. The highest BCUT2D eigenvalue weighted by molar-refractivity contribution is 7.89. The third kappa shape index (κ3) is 5.39. The van der Waals surface area contributed by atoms with Crippen LogP contribution in [0.4, 0.5) is 0 Å². The number of halogens is 1. The third-order valence-electron chi connectivity index (χ3n) is 5.71. The van der Waals surface area contributed by atoms with Crippen molar-refractivity contribution in [2.45, 2.75) is 43.4 Å². The Bertz CT molecular complexity index is 1450. The number of hydrogen-bond acceptors (Lipinski definition) is 6. The van der Waals surface area contributed by atoms with Gasteiger partial charge in [0.05, 0.1) is 15.6 Å². The van der Waals surface area contributed by atoms with Crippen molar-refractivity contribution in [3.63, 3.8) is 0 Å². The van der Waals surface area contributed by atoms with Crippen molar-refractivity contribution in [2.24, 2.45) is 0 Å². The van der Waals surface area contributed by atoms with Crippen molar-refractivity contribution in [2.75, 3.05) is 7.11 Å². The number of methoxy groups -OCH3 is 1. The van der Waals surface area contributed by atoms with Gasteiger partial charge in [-0.25, -0.2) is 13.4 Å². The lowest BCUT2D eigenvalue weighted by atomic mass is 9.87. The summed E-state index contributed by atoms with van der Waals surface area (Å²) < 4.78 is 36.2. The van der Waals surface area contributed by atoms with Crippen molar-refractivity contribution in [3.05, 3.63) is 94.7 Å². The molecule has 0 spiro atoms. The number of aliphatic hydroxyl groups excluding tert-OH is 1. The highest BCUT2D eigenvalue weighted by atomic mass is 35.5. The number of aromatic nitrogens is 3. The fourth-order valence-corrected chi connectivity index (χ4v) is 5.04. The van der Waals surface area contributed by atoms with Gasteiger partial charge in [0.15, 0.2) is 0 Å². The zero-order chi connectivity index (χ0) is 25.4. The van der Waals surface area contributed by atoms with E-state index in [1.54, 1.807) is 59.4 Å². The average Bonchev–Trinajstić information content (AvgIpc) is 3.29. The van der Waals surface area contributed by atoms with E-state index in [0.717, 1.165) is 11.2 Å². The highest BCUT2D eigenvalue weighted by Gasteiger charge is 2.28. The Hall–Kier alpha value is -2.82. The lowest BCUT2D eigenvalue weighted by molar-refractivity contribution is 0.0900. The number of hydrogen-bond donors (Lipinski definition) is 2. The topological polar surface area (TPSA) is 106 Å². The van der Waals surface area contributed by atoms with E-state index in [1.165, 1.54) is 19.4 Å². The van der Waals surface area contributed by atoms with E-state index in [2.05, 4.69) is 35.5 Å². The van der Waals surface area contributed by atoms with E-state index in [4.69, 9.17) is 16.3 Å². The molecule has 10 heteroatoms. The molecule has 0 aliphatic rings. The van der Waals surface area contributed by atoms with Crippen LogP contribution in [0.1, 0.15) is 55.5 Å². The van der Waals surface area contributed by atoms with Crippen molar-refractivity contribution in [1.29, 1.82) is 0 Å². The Morgan fingerprint density at radius 1 is 1.11 bits per heavy atom. The van der Waals surface area contributed by atoms with Crippen LogP contribution in [0.3, 0.4) is 0 Å². The maximum Gasteiger partial charge on any atom is 0.242 e. The van der Waals surface area contributed by atoms with Crippen molar-refractivity contribution in [3.8, 4) is 0 Å². The van der Waals surface area contributed by atoms with Crippen LogP contribution in [0.2, 0.25) is 5.02 Å². The number of benzene rings is 1. The molecule has 0 bridgehead atoms. The molecule has 2 atom stereocenters. The van der Waals surface area contributed by atoms with Crippen molar-refractivity contribution in [1.82, 2.24) is 19.1 Å². The third-order valence-corrected chi connectivity index (χ3v) is 7.34. The number of imidazole rings is 1. The maximum absolute atomic E-state index is 13.2. The molecule has 0 aliphatic heterocycles. The zero-order valence-corrected chi connectivity index (χ0v) is 21.4. The highest BCUT2D eigenvalue weighted by Crippen LogP contribution is 2.31. The zero-order valence-electron chi connectivity index (χ0n) is 19.8. The van der Waals surface area contributed by atoms with Gasteiger partial charge in [0.1, 0.15) is 18.0 Å². The average molecular weight is 515 g/mol. The fourth-order valence-electron chi connectivity index (χ4n) is 3.74. The molecule has 35 heavy (non-hydrogen) atoms. The second kappa shape index (κ2) is 9.67. The van der Waals surface area contributed by atoms with Gasteiger partial charge in [-0.2, -0.15) is 4.72 Å². The first-order valence-electron chi connectivity index (χ1n) is 10.9. The second-order valence-electron chi connectivity index (χ2n) is 9.20. The monoisotopic (exact) mass is 514 g/mol. The number of ether oxygens (including phenoxy) is 1. The smallest absolute Gasteiger partial charge is 0.242 e. The van der Waals surface area contributed by atoms with Crippen LogP contribution >= 0.6 is 11.6 Å². The SMILES string of the molecule is COC(NS(=O)(=O)c1ccc(C(C)(C)C)cc1)c1cc(Cl)cnc1C(O)c1ccc2nccn2c1. The van der Waals surface area contributed by atoms with Gasteiger partial charge in [0, 0.05) is 43.0 Å². The van der Waals surface area contributed by atoms with Crippen LogP contribution in [0.15, 0.2) is 72.1 Å². The standard InChI is InChI=1S/C25H27ClN4O4S/c1-25(2,3)17-6-8-19(9-7-17)35(32,33)29-24(34-4)20-13-18(26)14-28-22(20)23(31)16-5-10-21-27-11-12-30(21)15-16/h5-15,23-24,29,31H,1-4H3. The largest absolute Gasteiger partial charge is 0.382 e. The normalized spacial score (nSPS) is 14.2. The molecule has 1 aromatic carbocycles. The molecular formula is C25H27ClN4O4S.